The summed E-state index contributed by atoms with van der Waals surface area (Å²) in [4.78, 5) is 16.0. The van der Waals surface area contributed by atoms with Gasteiger partial charge in [-0.3, -0.25) is 4.79 Å². The molecule has 0 saturated heterocycles. The van der Waals surface area contributed by atoms with Gasteiger partial charge in [-0.25, -0.2) is 0 Å². The van der Waals surface area contributed by atoms with Crippen LogP contribution in [0.25, 0.3) is 0 Å². The Kier molecular flexibility index (Phi) is 5.10. The standard InChI is InChI=1S/C29H30ClNO2/c1-18-7-6-8-21(19(18)2)17-31-25-11-10-23(30)16-24(25)29(5,27(31)32)22-9-12-26-20(15-22)13-14-28(3,4)33-26/h6-12,15-16H,13-14,17H2,1-5H3/t29-/m0/s1. The normalized spacial score (nSPS) is 20.9. The fourth-order valence-corrected chi connectivity index (χ4v) is 5.37. The van der Waals surface area contributed by atoms with Gasteiger partial charge in [0.2, 0.25) is 5.91 Å². The van der Waals surface area contributed by atoms with Crippen molar-refractivity contribution in [3.8, 4) is 5.75 Å². The third kappa shape index (κ3) is 3.54. The second kappa shape index (κ2) is 7.63. The number of carbonyl (C=O) groups excluding carboxylic acids is 1. The quantitative estimate of drug-likeness (QED) is 0.425. The lowest BCUT2D eigenvalue weighted by Crippen LogP contribution is -2.39. The van der Waals surface area contributed by atoms with Crippen LogP contribution in [0.1, 0.15) is 60.6 Å². The molecule has 170 valence electrons. The highest BCUT2D eigenvalue weighted by Gasteiger charge is 2.49. The highest BCUT2D eigenvalue weighted by molar-refractivity contribution is 6.31. The Morgan fingerprint density at radius 1 is 1.03 bits per heavy atom. The molecule has 0 unspecified atom stereocenters. The number of aryl methyl sites for hydroxylation is 2. The lowest BCUT2D eigenvalue weighted by molar-refractivity contribution is -0.121. The fourth-order valence-electron chi connectivity index (χ4n) is 5.20. The summed E-state index contributed by atoms with van der Waals surface area (Å²) in [7, 11) is 0. The van der Waals surface area contributed by atoms with Crippen LogP contribution in [0.3, 0.4) is 0 Å². The minimum absolute atomic E-state index is 0.0812. The molecule has 5 rings (SSSR count). The predicted octanol–water partition coefficient (Wildman–Crippen LogP) is 6.91. The van der Waals surface area contributed by atoms with Gasteiger partial charge in [-0.15, -0.1) is 0 Å². The van der Waals surface area contributed by atoms with Gasteiger partial charge in [0.1, 0.15) is 11.4 Å². The van der Waals surface area contributed by atoms with Gasteiger partial charge in [-0.1, -0.05) is 41.9 Å². The molecule has 4 heteroatoms. The van der Waals surface area contributed by atoms with E-state index in [2.05, 4.69) is 52.0 Å². The number of hydrogen-bond donors (Lipinski definition) is 0. The van der Waals surface area contributed by atoms with Crippen LogP contribution < -0.4 is 9.64 Å². The molecular weight excluding hydrogens is 430 g/mol. The first-order valence-corrected chi connectivity index (χ1v) is 12.0. The molecular formula is C29H30ClNO2. The summed E-state index contributed by atoms with van der Waals surface area (Å²) in [5, 5.41) is 0.643. The monoisotopic (exact) mass is 459 g/mol. The van der Waals surface area contributed by atoms with Crippen molar-refractivity contribution in [1.29, 1.82) is 0 Å². The number of benzene rings is 3. The van der Waals surface area contributed by atoms with Gasteiger partial charge in [0.15, 0.2) is 0 Å². The second-order valence-corrected chi connectivity index (χ2v) is 10.7. The van der Waals surface area contributed by atoms with Gasteiger partial charge >= 0.3 is 0 Å². The van der Waals surface area contributed by atoms with Gasteiger partial charge in [0, 0.05) is 10.7 Å². The van der Waals surface area contributed by atoms with Crippen LogP contribution in [0.5, 0.6) is 5.75 Å². The number of anilines is 1. The number of hydrogen-bond acceptors (Lipinski definition) is 2. The zero-order valence-corrected chi connectivity index (χ0v) is 20.7. The number of amides is 1. The SMILES string of the molecule is Cc1cccc(CN2C(=O)[C@@](C)(c3ccc4c(c3)CCC(C)(C)O4)c3cc(Cl)ccc32)c1C. The van der Waals surface area contributed by atoms with E-state index < -0.39 is 5.41 Å². The molecule has 0 aromatic heterocycles. The van der Waals surface area contributed by atoms with Crippen LogP contribution in [0, 0.1) is 13.8 Å². The summed E-state index contributed by atoms with van der Waals surface area (Å²) in [6.45, 7) is 11.0. The van der Waals surface area contributed by atoms with Crippen LogP contribution in [0.15, 0.2) is 54.6 Å². The maximum absolute atomic E-state index is 14.1. The lowest BCUT2D eigenvalue weighted by Gasteiger charge is -2.34. The largest absolute Gasteiger partial charge is 0.488 e. The van der Waals surface area contributed by atoms with Crippen molar-refractivity contribution < 1.29 is 9.53 Å². The number of halogens is 1. The molecule has 0 spiro atoms. The van der Waals surface area contributed by atoms with Crippen molar-refractivity contribution in [3.63, 3.8) is 0 Å². The first-order chi connectivity index (χ1) is 15.6. The average Bonchev–Trinajstić information content (AvgIpc) is 2.98. The van der Waals surface area contributed by atoms with E-state index in [0.717, 1.165) is 46.5 Å². The number of fused-ring (bicyclic) bond motifs is 2. The van der Waals surface area contributed by atoms with Crippen LogP contribution in [0.4, 0.5) is 5.69 Å². The van der Waals surface area contributed by atoms with Crippen LogP contribution >= 0.6 is 11.6 Å². The summed E-state index contributed by atoms with van der Waals surface area (Å²) in [5.74, 6) is 1.00. The van der Waals surface area contributed by atoms with Crippen molar-refractivity contribution >= 4 is 23.2 Å². The smallest absolute Gasteiger partial charge is 0.242 e. The third-order valence-electron chi connectivity index (χ3n) is 7.53. The maximum Gasteiger partial charge on any atom is 0.242 e. The van der Waals surface area contributed by atoms with Crippen molar-refractivity contribution in [1.82, 2.24) is 0 Å². The van der Waals surface area contributed by atoms with Gasteiger partial charge in [-0.05, 0) is 105 Å². The van der Waals surface area contributed by atoms with E-state index in [1.807, 2.05) is 42.2 Å². The molecule has 1 atom stereocenters. The summed E-state index contributed by atoms with van der Waals surface area (Å²) in [5.41, 5.74) is 6.70. The van der Waals surface area contributed by atoms with Crippen molar-refractivity contribution in [2.45, 2.75) is 65.0 Å². The van der Waals surface area contributed by atoms with E-state index in [0.29, 0.717) is 11.6 Å². The molecule has 2 heterocycles. The zero-order valence-electron chi connectivity index (χ0n) is 20.0. The van der Waals surface area contributed by atoms with E-state index in [9.17, 15) is 4.79 Å². The second-order valence-electron chi connectivity index (χ2n) is 10.2. The van der Waals surface area contributed by atoms with E-state index >= 15 is 0 Å². The minimum Gasteiger partial charge on any atom is -0.488 e. The van der Waals surface area contributed by atoms with E-state index in [4.69, 9.17) is 16.3 Å². The lowest BCUT2D eigenvalue weighted by atomic mass is 9.76. The third-order valence-corrected chi connectivity index (χ3v) is 7.76. The number of carbonyl (C=O) groups is 1. The van der Waals surface area contributed by atoms with Crippen molar-refractivity contribution in [3.05, 3.63) is 93.0 Å². The summed E-state index contributed by atoms with van der Waals surface area (Å²) in [6.07, 6.45) is 1.89. The van der Waals surface area contributed by atoms with Gasteiger partial charge < -0.3 is 9.64 Å². The summed E-state index contributed by atoms with van der Waals surface area (Å²) < 4.78 is 6.19. The topological polar surface area (TPSA) is 29.5 Å². The highest BCUT2D eigenvalue weighted by atomic mass is 35.5. The van der Waals surface area contributed by atoms with Crippen LogP contribution in [-0.4, -0.2) is 11.5 Å². The fraction of sp³-hybridized carbons (Fsp3) is 0.345. The number of nitrogens with zero attached hydrogens (tertiary/aromatic N) is 1. The van der Waals surface area contributed by atoms with Crippen LogP contribution in [0.2, 0.25) is 5.02 Å². The molecule has 0 fully saturated rings. The molecule has 0 N–H and O–H groups in total. The van der Waals surface area contributed by atoms with E-state index in [1.165, 1.54) is 11.1 Å². The molecule has 2 aliphatic heterocycles. The molecule has 0 radical (unpaired) electrons. The molecule has 0 saturated carbocycles. The molecule has 0 aliphatic carbocycles. The molecule has 3 aromatic rings. The summed E-state index contributed by atoms with van der Waals surface area (Å²) >= 11 is 6.44. The Morgan fingerprint density at radius 2 is 1.82 bits per heavy atom. The Labute approximate surface area is 201 Å². The molecule has 2 aliphatic rings. The average molecular weight is 460 g/mol. The van der Waals surface area contributed by atoms with Crippen molar-refractivity contribution in [2.24, 2.45) is 0 Å². The van der Waals surface area contributed by atoms with Crippen LogP contribution in [-0.2, 0) is 23.2 Å². The molecule has 0 bridgehead atoms. The van der Waals surface area contributed by atoms with Gasteiger partial charge in [0.25, 0.3) is 0 Å². The number of rotatable bonds is 3. The van der Waals surface area contributed by atoms with Gasteiger partial charge in [-0.2, -0.15) is 0 Å². The Hall–Kier alpha value is -2.78. The first-order valence-electron chi connectivity index (χ1n) is 11.6. The minimum atomic E-state index is -0.806. The van der Waals surface area contributed by atoms with E-state index in [-0.39, 0.29) is 11.5 Å². The van der Waals surface area contributed by atoms with Crippen molar-refractivity contribution in [2.75, 3.05) is 4.90 Å². The zero-order chi connectivity index (χ0) is 23.5. The molecule has 1 amide bonds. The van der Waals surface area contributed by atoms with E-state index in [1.54, 1.807) is 0 Å². The Morgan fingerprint density at radius 3 is 2.61 bits per heavy atom. The Bertz CT molecular complexity index is 1280. The maximum atomic E-state index is 14.1. The predicted molar refractivity (Wildman–Crippen MR) is 134 cm³/mol. The Balaban J connectivity index is 1.60. The number of ether oxygens (including phenoxy) is 1. The first kappa shape index (κ1) is 22.0. The highest BCUT2D eigenvalue weighted by Crippen LogP contribution is 2.48. The molecule has 33 heavy (non-hydrogen) atoms. The molecule has 3 aromatic carbocycles. The summed E-state index contributed by atoms with van der Waals surface area (Å²) in [6, 6.07) is 18.3. The van der Waals surface area contributed by atoms with Gasteiger partial charge in [0.05, 0.1) is 12.0 Å². The molecule has 3 nitrogen and oxygen atoms in total.